The predicted molar refractivity (Wildman–Crippen MR) is 56.6 cm³/mol. The largest absolute Gasteiger partial charge is 0.326 e. The average Bonchev–Trinajstić information content (AvgIpc) is 2.76. The number of nitrogens with two attached hydrogens (primary N) is 1. The highest BCUT2D eigenvalue weighted by Crippen LogP contribution is 2.29. The van der Waals surface area contributed by atoms with Crippen LogP contribution in [0, 0.1) is 13.8 Å². The molecular formula is C9H12N4S. The highest BCUT2D eigenvalue weighted by Gasteiger charge is 2.12. The molecule has 0 aliphatic rings. The van der Waals surface area contributed by atoms with E-state index in [2.05, 4.69) is 24.0 Å². The second-order valence-corrected chi connectivity index (χ2v) is 4.34. The van der Waals surface area contributed by atoms with Crippen molar-refractivity contribution in [3.05, 3.63) is 28.7 Å². The lowest BCUT2D eigenvalue weighted by atomic mass is 10.1. The van der Waals surface area contributed by atoms with Gasteiger partial charge in [-0.25, -0.2) is 0 Å². The summed E-state index contributed by atoms with van der Waals surface area (Å²) >= 11 is 1.73. The molecule has 14 heavy (non-hydrogen) atoms. The van der Waals surface area contributed by atoms with Crippen LogP contribution in [0.4, 0.5) is 0 Å². The molecule has 2 heterocycles. The van der Waals surface area contributed by atoms with Crippen LogP contribution >= 0.6 is 11.3 Å². The number of rotatable bonds is 2. The van der Waals surface area contributed by atoms with Crippen LogP contribution in [-0.2, 0) is 6.54 Å². The first-order valence-corrected chi connectivity index (χ1v) is 5.19. The number of hydrogen-bond acceptors (Lipinski definition) is 4. The van der Waals surface area contributed by atoms with Gasteiger partial charge in [0, 0.05) is 17.0 Å². The first kappa shape index (κ1) is 9.36. The van der Waals surface area contributed by atoms with Gasteiger partial charge in [-0.2, -0.15) is 0 Å². The maximum Gasteiger partial charge on any atom is 0.124 e. The van der Waals surface area contributed by atoms with Crippen molar-refractivity contribution >= 4 is 11.3 Å². The molecule has 0 unspecified atom stereocenters. The molecule has 0 aromatic carbocycles. The molecule has 0 saturated heterocycles. The van der Waals surface area contributed by atoms with E-state index >= 15 is 0 Å². The van der Waals surface area contributed by atoms with Crippen LogP contribution in [0.5, 0.6) is 0 Å². The van der Waals surface area contributed by atoms with Crippen LogP contribution < -0.4 is 5.73 Å². The lowest BCUT2D eigenvalue weighted by Gasteiger charge is -2.01. The number of nitrogens with zero attached hydrogens (tertiary/aromatic N) is 3. The summed E-state index contributed by atoms with van der Waals surface area (Å²) in [6, 6.07) is 0. The Morgan fingerprint density at radius 2 is 2.00 bits per heavy atom. The minimum Gasteiger partial charge on any atom is -0.326 e. The van der Waals surface area contributed by atoms with E-state index in [9.17, 15) is 0 Å². The molecule has 0 aliphatic heterocycles. The fourth-order valence-electron chi connectivity index (χ4n) is 1.41. The Morgan fingerprint density at radius 1 is 1.36 bits per heavy atom. The van der Waals surface area contributed by atoms with Crippen molar-refractivity contribution in [3.63, 3.8) is 0 Å². The summed E-state index contributed by atoms with van der Waals surface area (Å²) in [6.45, 7) is 4.76. The Morgan fingerprint density at radius 3 is 2.57 bits per heavy atom. The van der Waals surface area contributed by atoms with Crippen molar-refractivity contribution in [2.24, 2.45) is 5.73 Å². The maximum absolute atomic E-state index is 5.72. The number of aromatic nitrogens is 3. The van der Waals surface area contributed by atoms with E-state index < -0.39 is 0 Å². The van der Waals surface area contributed by atoms with Crippen LogP contribution in [0.1, 0.15) is 16.0 Å². The molecule has 2 N–H and O–H groups in total. The Labute approximate surface area is 86.4 Å². The molecule has 0 amide bonds. The Bertz CT molecular complexity index is 430. The third-order valence-electron chi connectivity index (χ3n) is 2.35. The zero-order valence-electron chi connectivity index (χ0n) is 8.19. The summed E-state index contributed by atoms with van der Waals surface area (Å²) in [5.41, 5.74) is 8.19. The number of thiophene rings is 1. The van der Waals surface area contributed by atoms with E-state index in [1.165, 1.54) is 16.0 Å². The van der Waals surface area contributed by atoms with Gasteiger partial charge in [-0.05, 0) is 19.4 Å². The smallest absolute Gasteiger partial charge is 0.124 e. The molecule has 2 rings (SSSR count). The first-order chi connectivity index (χ1) is 6.74. The van der Waals surface area contributed by atoms with Gasteiger partial charge in [0.15, 0.2) is 0 Å². The molecular weight excluding hydrogens is 196 g/mol. The van der Waals surface area contributed by atoms with Gasteiger partial charge in [-0.15, -0.1) is 21.5 Å². The van der Waals surface area contributed by atoms with E-state index in [1.54, 1.807) is 24.0 Å². The summed E-state index contributed by atoms with van der Waals surface area (Å²) in [5.74, 6) is 0. The molecule has 0 fully saturated rings. The average molecular weight is 208 g/mol. The van der Waals surface area contributed by atoms with Crippen LogP contribution in [0.15, 0.2) is 12.7 Å². The summed E-state index contributed by atoms with van der Waals surface area (Å²) in [5, 5.41) is 8.72. The van der Waals surface area contributed by atoms with E-state index in [1.807, 2.05) is 4.57 Å². The Balaban J connectivity index is 2.59. The molecule has 74 valence electrons. The van der Waals surface area contributed by atoms with Gasteiger partial charge in [-0.3, -0.25) is 4.57 Å². The number of aryl methyl sites for hydroxylation is 1. The van der Waals surface area contributed by atoms with Gasteiger partial charge in [0.25, 0.3) is 0 Å². The minimum atomic E-state index is 0.559. The predicted octanol–water partition coefficient (Wildman–Crippen LogP) is 1.40. The molecule has 0 aliphatic carbocycles. The lowest BCUT2D eigenvalue weighted by Crippen LogP contribution is -2.01. The molecule has 0 spiro atoms. The van der Waals surface area contributed by atoms with Crippen molar-refractivity contribution < 1.29 is 0 Å². The van der Waals surface area contributed by atoms with Gasteiger partial charge in [-0.1, -0.05) is 0 Å². The van der Waals surface area contributed by atoms with Crippen molar-refractivity contribution in [2.45, 2.75) is 20.4 Å². The monoisotopic (exact) mass is 208 g/mol. The van der Waals surface area contributed by atoms with Crippen LogP contribution in [0.25, 0.3) is 5.00 Å². The Kier molecular flexibility index (Phi) is 2.35. The van der Waals surface area contributed by atoms with Gasteiger partial charge < -0.3 is 5.73 Å². The molecule has 0 radical (unpaired) electrons. The lowest BCUT2D eigenvalue weighted by molar-refractivity contribution is 0.995. The first-order valence-electron chi connectivity index (χ1n) is 4.38. The fourth-order valence-corrected chi connectivity index (χ4v) is 2.54. The maximum atomic E-state index is 5.72. The Hall–Kier alpha value is -1.20. The second-order valence-electron chi connectivity index (χ2n) is 3.14. The SMILES string of the molecule is Cc1sc(-n2cnnc2)c(CN)c1C. The minimum absolute atomic E-state index is 0.559. The normalized spacial score (nSPS) is 10.8. The van der Waals surface area contributed by atoms with E-state index in [-0.39, 0.29) is 0 Å². The molecule has 2 aromatic rings. The summed E-state index contributed by atoms with van der Waals surface area (Å²) < 4.78 is 1.91. The van der Waals surface area contributed by atoms with Crippen LogP contribution in [-0.4, -0.2) is 14.8 Å². The highest BCUT2D eigenvalue weighted by molar-refractivity contribution is 7.14. The van der Waals surface area contributed by atoms with Crippen LogP contribution in [0.3, 0.4) is 0 Å². The van der Waals surface area contributed by atoms with Gasteiger partial charge in [0.05, 0.1) is 0 Å². The fraction of sp³-hybridized carbons (Fsp3) is 0.333. The zero-order valence-corrected chi connectivity index (χ0v) is 9.01. The quantitative estimate of drug-likeness (QED) is 0.811. The van der Waals surface area contributed by atoms with Gasteiger partial charge in [0.2, 0.25) is 0 Å². The molecule has 4 nitrogen and oxygen atoms in total. The third kappa shape index (κ3) is 1.34. The second kappa shape index (κ2) is 3.51. The van der Waals surface area contributed by atoms with Crippen molar-refractivity contribution in [2.75, 3.05) is 0 Å². The van der Waals surface area contributed by atoms with Crippen LogP contribution in [0.2, 0.25) is 0 Å². The van der Waals surface area contributed by atoms with E-state index in [0.717, 1.165) is 5.00 Å². The molecule has 0 bridgehead atoms. The zero-order chi connectivity index (χ0) is 10.1. The van der Waals surface area contributed by atoms with Crippen molar-refractivity contribution in [1.29, 1.82) is 0 Å². The standard InChI is InChI=1S/C9H12N4S/c1-6-7(2)14-9(8(6)3-10)13-4-11-12-5-13/h4-5H,3,10H2,1-2H3. The molecule has 0 atom stereocenters. The summed E-state index contributed by atoms with van der Waals surface area (Å²) in [6.07, 6.45) is 3.40. The topological polar surface area (TPSA) is 56.7 Å². The van der Waals surface area contributed by atoms with E-state index in [4.69, 9.17) is 5.73 Å². The number of hydrogen-bond donors (Lipinski definition) is 1. The van der Waals surface area contributed by atoms with Gasteiger partial charge >= 0.3 is 0 Å². The molecule has 2 aromatic heterocycles. The molecule has 0 saturated carbocycles. The third-order valence-corrected chi connectivity index (χ3v) is 3.61. The summed E-state index contributed by atoms with van der Waals surface area (Å²) in [4.78, 5) is 1.30. The van der Waals surface area contributed by atoms with E-state index in [0.29, 0.717) is 6.54 Å². The highest BCUT2D eigenvalue weighted by atomic mass is 32.1. The van der Waals surface area contributed by atoms with Crippen molar-refractivity contribution in [3.8, 4) is 5.00 Å². The molecule has 5 heteroatoms. The van der Waals surface area contributed by atoms with Gasteiger partial charge in [0.1, 0.15) is 17.7 Å². The van der Waals surface area contributed by atoms with Crippen molar-refractivity contribution in [1.82, 2.24) is 14.8 Å². The summed E-state index contributed by atoms with van der Waals surface area (Å²) in [7, 11) is 0.